The van der Waals surface area contributed by atoms with Crippen molar-refractivity contribution in [1.29, 1.82) is 0 Å². The first kappa shape index (κ1) is 19.6. The number of thiophene rings is 1. The lowest BCUT2D eigenvalue weighted by atomic mass is 10.1. The summed E-state index contributed by atoms with van der Waals surface area (Å²) in [4.78, 5) is 23.0. The molecular weight excluding hydrogens is 388 g/mol. The van der Waals surface area contributed by atoms with E-state index >= 15 is 0 Å². The van der Waals surface area contributed by atoms with Crippen LogP contribution < -0.4 is 15.4 Å². The number of nitrogens with zero attached hydrogens (tertiary/aromatic N) is 2. The zero-order chi connectivity index (χ0) is 20.2. The van der Waals surface area contributed by atoms with Crippen LogP contribution in [-0.2, 0) is 11.3 Å². The number of methoxy groups -OCH3 is 1. The molecule has 2 N–H and O–H groups in total. The third kappa shape index (κ3) is 4.33. The summed E-state index contributed by atoms with van der Waals surface area (Å²) in [6.07, 6.45) is 3.91. The van der Waals surface area contributed by atoms with Crippen LogP contribution in [0.4, 0.5) is 5.82 Å². The van der Waals surface area contributed by atoms with Crippen LogP contribution in [0, 0.1) is 6.92 Å². The van der Waals surface area contributed by atoms with Gasteiger partial charge in [0.05, 0.1) is 23.5 Å². The number of amides is 1. The summed E-state index contributed by atoms with van der Waals surface area (Å²) >= 11 is 1.39. The predicted octanol–water partition coefficient (Wildman–Crippen LogP) is 3.53. The minimum Gasteiger partial charge on any atom is -0.497 e. The number of anilines is 1. The van der Waals surface area contributed by atoms with Crippen molar-refractivity contribution in [3.05, 3.63) is 46.6 Å². The Balaban J connectivity index is 1.48. The summed E-state index contributed by atoms with van der Waals surface area (Å²) in [5.41, 5.74) is 1.91. The van der Waals surface area contributed by atoms with Gasteiger partial charge in [-0.1, -0.05) is 12.1 Å². The molecule has 4 rings (SSSR count). The van der Waals surface area contributed by atoms with Crippen LogP contribution in [0.3, 0.4) is 0 Å². The van der Waals surface area contributed by atoms with Gasteiger partial charge in [0.1, 0.15) is 22.7 Å². The van der Waals surface area contributed by atoms with E-state index in [0.29, 0.717) is 18.0 Å². The van der Waals surface area contributed by atoms with Crippen molar-refractivity contribution in [2.24, 2.45) is 0 Å². The third-order valence-electron chi connectivity index (χ3n) is 5.07. The molecule has 0 saturated carbocycles. The number of fused-ring (bicyclic) bond motifs is 1. The molecule has 1 aliphatic rings. The highest BCUT2D eigenvalue weighted by molar-refractivity contribution is 7.20. The lowest BCUT2D eigenvalue weighted by molar-refractivity contribution is 0.0954. The molecule has 152 valence electrons. The van der Waals surface area contributed by atoms with Gasteiger partial charge < -0.3 is 20.1 Å². The molecule has 1 aliphatic heterocycles. The van der Waals surface area contributed by atoms with E-state index in [1.807, 2.05) is 31.2 Å². The van der Waals surface area contributed by atoms with Crippen LogP contribution in [0.5, 0.6) is 5.75 Å². The maximum absolute atomic E-state index is 12.8. The molecule has 0 aliphatic carbocycles. The summed E-state index contributed by atoms with van der Waals surface area (Å²) in [7, 11) is 1.63. The molecule has 1 fully saturated rings. The normalized spacial score (nSPS) is 16.1. The van der Waals surface area contributed by atoms with E-state index < -0.39 is 0 Å². The Morgan fingerprint density at radius 3 is 2.86 bits per heavy atom. The molecule has 0 radical (unpaired) electrons. The lowest BCUT2D eigenvalue weighted by Gasteiger charge is -2.12. The molecule has 2 aromatic heterocycles. The first-order valence-corrected chi connectivity index (χ1v) is 10.5. The zero-order valence-electron chi connectivity index (χ0n) is 16.5. The van der Waals surface area contributed by atoms with Crippen LogP contribution in [0.15, 0.2) is 30.6 Å². The Labute approximate surface area is 173 Å². The monoisotopic (exact) mass is 412 g/mol. The van der Waals surface area contributed by atoms with Crippen LogP contribution in [0.2, 0.25) is 0 Å². The number of nitrogens with one attached hydrogen (secondary N) is 2. The largest absolute Gasteiger partial charge is 0.497 e. The van der Waals surface area contributed by atoms with Gasteiger partial charge in [0.2, 0.25) is 0 Å². The highest BCUT2D eigenvalue weighted by Gasteiger charge is 2.21. The van der Waals surface area contributed by atoms with Gasteiger partial charge in [0.25, 0.3) is 5.91 Å². The van der Waals surface area contributed by atoms with Crippen molar-refractivity contribution < 1.29 is 14.3 Å². The molecule has 29 heavy (non-hydrogen) atoms. The maximum Gasteiger partial charge on any atom is 0.261 e. The lowest BCUT2D eigenvalue weighted by Crippen LogP contribution is -2.22. The van der Waals surface area contributed by atoms with Crippen LogP contribution in [0.25, 0.3) is 10.2 Å². The molecule has 3 aromatic rings. The summed E-state index contributed by atoms with van der Waals surface area (Å²) in [6, 6.07) is 7.65. The summed E-state index contributed by atoms with van der Waals surface area (Å²) in [6.45, 7) is 3.93. The van der Waals surface area contributed by atoms with Gasteiger partial charge in [-0.2, -0.15) is 0 Å². The Morgan fingerprint density at radius 2 is 2.14 bits per heavy atom. The molecule has 1 saturated heterocycles. The van der Waals surface area contributed by atoms with Gasteiger partial charge in [0.15, 0.2) is 0 Å². The molecule has 3 heterocycles. The fourth-order valence-electron chi connectivity index (χ4n) is 3.44. The molecule has 1 aromatic carbocycles. The van der Waals surface area contributed by atoms with E-state index in [0.717, 1.165) is 52.4 Å². The number of rotatable bonds is 7. The number of carbonyl (C=O) groups excluding carboxylic acids is 1. The molecule has 8 heteroatoms. The van der Waals surface area contributed by atoms with E-state index in [2.05, 4.69) is 20.6 Å². The fourth-order valence-corrected chi connectivity index (χ4v) is 4.51. The van der Waals surface area contributed by atoms with E-state index in [1.165, 1.54) is 17.7 Å². The van der Waals surface area contributed by atoms with E-state index in [1.54, 1.807) is 7.11 Å². The Hall–Kier alpha value is -2.71. The van der Waals surface area contributed by atoms with E-state index in [-0.39, 0.29) is 12.0 Å². The van der Waals surface area contributed by atoms with Crippen molar-refractivity contribution in [3.8, 4) is 5.75 Å². The molecule has 1 unspecified atom stereocenters. The predicted molar refractivity (Wildman–Crippen MR) is 114 cm³/mol. The second-order valence-corrected chi connectivity index (χ2v) is 8.00. The van der Waals surface area contributed by atoms with Crippen LogP contribution in [-0.4, -0.2) is 42.2 Å². The summed E-state index contributed by atoms with van der Waals surface area (Å²) in [5.74, 6) is 1.45. The molecule has 0 spiro atoms. The van der Waals surface area contributed by atoms with Crippen molar-refractivity contribution in [2.45, 2.75) is 32.4 Å². The van der Waals surface area contributed by atoms with E-state index in [4.69, 9.17) is 9.47 Å². The van der Waals surface area contributed by atoms with Gasteiger partial charge in [0, 0.05) is 19.7 Å². The second kappa shape index (κ2) is 8.75. The van der Waals surface area contributed by atoms with Crippen molar-refractivity contribution in [2.75, 3.05) is 25.6 Å². The SMILES string of the molecule is COc1ccc(CNC(=O)c2sc3ncnc(NCC4CCCO4)c3c2C)cc1. The highest BCUT2D eigenvalue weighted by atomic mass is 32.1. The van der Waals surface area contributed by atoms with Gasteiger partial charge in [-0.25, -0.2) is 9.97 Å². The Morgan fingerprint density at radius 1 is 1.31 bits per heavy atom. The Kier molecular flexibility index (Phi) is 5.92. The molecule has 0 bridgehead atoms. The van der Waals surface area contributed by atoms with Gasteiger partial charge in [-0.15, -0.1) is 11.3 Å². The second-order valence-electron chi connectivity index (χ2n) is 7.01. The Bertz CT molecular complexity index is 997. The van der Waals surface area contributed by atoms with Crippen molar-refractivity contribution in [3.63, 3.8) is 0 Å². The van der Waals surface area contributed by atoms with Gasteiger partial charge >= 0.3 is 0 Å². The number of aryl methyl sites for hydroxylation is 1. The average Bonchev–Trinajstić information content (AvgIpc) is 3.39. The number of hydrogen-bond acceptors (Lipinski definition) is 7. The average molecular weight is 413 g/mol. The molecular formula is C21H24N4O3S. The first-order chi connectivity index (χ1) is 14.2. The minimum absolute atomic E-state index is 0.105. The molecule has 1 atom stereocenters. The summed E-state index contributed by atoms with van der Waals surface area (Å²) < 4.78 is 10.8. The van der Waals surface area contributed by atoms with E-state index in [9.17, 15) is 4.79 Å². The van der Waals surface area contributed by atoms with Crippen LogP contribution in [0.1, 0.15) is 33.6 Å². The molecule has 7 nitrogen and oxygen atoms in total. The van der Waals surface area contributed by atoms with Crippen molar-refractivity contribution in [1.82, 2.24) is 15.3 Å². The van der Waals surface area contributed by atoms with Gasteiger partial charge in [-0.05, 0) is 43.0 Å². The van der Waals surface area contributed by atoms with Gasteiger partial charge in [-0.3, -0.25) is 4.79 Å². The number of aromatic nitrogens is 2. The third-order valence-corrected chi connectivity index (χ3v) is 6.26. The number of carbonyl (C=O) groups is 1. The number of benzene rings is 1. The standard InChI is InChI=1S/C21H24N4O3S/c1-13-17-19(22-11-16-4-3-9-28-16)24-12-25-21(17)29-18(13)20(26)23-10-14-5-7-15(27-2)8-6-14/h5-8,12,16H,3-4,9-11H2,1-2H3,(H,23,26)(H,22,24,25). The maximum atomic E-state index is 12.8. The van der Waals surface area contributed by atoms with Crippen molar-refractivity contribution >= 4 is 33.3 Å². The smallest absolute Gasteiger partial charge is 0.261 e. The zero-order valence-corrected chi connectivity index (χ0v) is 17.3. The minimum atomic E-state index is -0.105. The van der Waals surface area contributed by atoms with Crippen LogP contribution >= 0.6 is 11.3 Å². The quantitative estimate of drug-likeness (QED) is 0.618. The molecule has 1 amide bonds. The number of ether oxygens (including phenoxy) is 2. The summed E-state index contributed by atoms with van der Waals surface area (Å²) in [5, 5.41) is 7.28. The first-order valence-electron chi connectivity index (χ1n) is 9.66. The highest BCUT2D eigenvalue weighted by Crippen LogP contribution is 2.33. The fraction of sp³-hybridized carbons (Fsp3) is 0.381. The topological polar surface area (TPSA) is 85.4 Å². The number of hydrogen-bond donors (Lipinski definition) is 2.